The predicted molar refractivity (Wildman–Crippen MR) is 119 cm³/mol. The van der Waals surface area contributed by atoms with E-state index in [1.165, 1.54) is 22.3 Å². The summed E-state index contributed by atoms with van der Waals surface area (Å²) < 4.78 is 66.2. The zero-order chi connectivity index (χ0) is 23.1. The summed E-state index contributed by atoms with van der Waals surface area (Å²) >= 11 is 0. The monoisotopic (exact) mass is 466 g/mol. The van der Waals surface area contributed by atoms with E-state index in [4.69, 9.17) is 0 Å². The molecular weight excluding hydrogens is 441 g/mol. The lowest BCUT2D eigenvalue weighted by atomic mass is 10.0. The average Bonchev–Trinajstić information content (AvgIpc) is 3.17. The van der Waals surface area contributed by atoms with Gasteiger partial charge in [0.15, 0.2) is 5.65 Å². The molecule has 0 atom stereocenters. The van der Waals surface area contributed by atoms with Gasteiger partial charge in [-0.25, -0.2) is 17.4 Å². The van der Waals surface area contributed by atoms with Gasteiger partial charge in [0.25, 0.3) is 0 Å². The molecule has 0 unspecified atom stereocenters. The van der Waals surface area contributed by atoms with Gasteiger partial charge in [0.1, 0.15) is 5.82 Å². The smallest absolute Gasteiger partial charge is 0.354 e. The van der Waals surface area contributed by atoms with Crippen LogP contribution in [0.25, 0.3) is 22.2 Å². The Hall–Kier alpha value is -2.59. The molecule has 1 saturated heterocycles. The van der Waals surface area contributed by atoms with Crippen LogP contribution in [0.1, 0.15) is 19.4 Å². The molecule has 1 aromatic carbocycles. The van der Waals surface area contributed by atoms with E-state index in [9.17, 15) is 21.6 Å². The van der Waals surface area contributed by atoms with Crippen LogP contribution in [0.3, 0.4) is 0 Å². The van der Waals surface area contributed by atoms with Crippen LogP contribution in [0.2, 0.25) is 0 Å². The van der Waals surface area contributed by atoms with Gasteiger partial charge in [-0.1, -0.05) is 26.0 Å². The average molecular weight is 467 g/mol. The third-order valence-electron chi connectivity index (χ3n) is 5.42. The zero-order valence-electron chi connectivity index (χ0n) is 17.9. The molecule has 0 saturated carbocycles. The van der Waals surface area contributed by atoms with Crippen molar-refractivity contribution in [2.75, 3.05) is 36.8 Å². The van der Waals surface area contributed by atoms with Crippen LogP contribution in [0.4, 0.5) is 19.0 Å². The highest BCUT2D eigenvalue weighted by atomic mass is 32.2. The van der Waals surface area contributed by atoms with Gasteiger partial charge in [-0.2, -0.15) is 13.2 Å². The van der Waals surface area contributed by atoms with Crippen LogP contribution < -0.4 is 10.2 Å². The van der Waals surface area contributed by atoms with E-state index in [0.717, 1.165) is 25.2 Å². The summed E-state index contributed by atoms with van der Waals surface area (Å²) in [6, 6.07) is 8.40. The molecule has 6 nitrogen and oxygen atoms in total. The number of nitrogens with one attached hydrogen (secondary N) is 1. The van der Waals surface area contributed by atoms with Gasteiger partial charge in [-0.3, -0.25) is 0 Å². The van der Waals surface area contributed by atoms with Crippen molar-refractivity contribution in [3.63, 3.8) is 0 Å². The molecule has 4 rings (SSSR count). The van der Waals surface area contributed by atoms with Crippen LogP contribution in [0.15, 0.2) is 42.6 Å². The number of benzene rings is 1. The van der Waals surface area contributed by atoms with E-state index in [2.05, 4.69) is 15.2 Å². The fourth-order valence-electron chi connectivity index (χ4n) is 3.93. The summed E-state index contributed by atoms with van der Waals surface area (Å²) in [7, 11) is -3.64. The third-order valence-corrected chi connectivity index (χ3v) is 7.40. The van der Waals surface area contributed by atoms with Crippen molar-refractivity contribution >= 4 is 26.9 Å². The maximum Gasteiger partial charge on any atom is 0.416 e. The fraction of sp³-hybridized carbons (Fsp3) is 0.409. The lowest BCUT2D eigenvalue weighted by molar-refractivity contribution is -0.137. The molecule has 1 aliphatic rings. The highest BCUT2D eigenvalue weighted by Gasteiger charge is 2.30. The van der Waals surface area contributed by atoms with Crippen molar-refractivity contribution in [2.45, 2.75) is 20.0 Å². The highest BCUT2D eigenvalue weighted by Crippen LogP contribution is 2.35. The van der Waals surface area contributed by atoms with Crippen molar-refractivity contribution in [1.29, 1.82) is 0 Å². The summed E-state index contributed by atoms with van der Waals surface area (Å²) in [6.45, 7) is 6.59. The second-order valence-electron chi connectivity index (χ2n) is 8.36. The van der Waals surface area contributed by atoms with E-state index < -0.39 is 21.8 Å². The summed E-state index contributed by atoms with van der Waals surface area (Å²) in [4.78, 5) is 6.73. The number of anilines is 1. The maximum absolute atomic E-state index is 13.0. The Morgan fingerprint density at radius 3 is 2.34 bits per heavy atom. The number of alkyl halides is 3. The quantitative estimate of drug-likeness (QED) is 0.617. The first kappa shape index (κ1) is 22.6. The first-order chi connectivity index (χ1) is 15.1. The first-order valence-corrected chi connectivity index (χ1v) is 12.1. The Morgan fingerprint density at radius 1 is 1.09 bits per heavy atom. The summed E-state index contributed by atoms with van der Waals surface area (Å²) in [6.07, 6.45) is -2.95. The molecule has 1 aliphatic heterocycles. The van der Waals surface area contributed by atoms with Crippen LogP contribution in [0, 0.1) is 5.92 Å². The molecule has 0 amide bonds. The largest absolute Gasteiger partial charge is 0.416 e. The van der Waals surface area contributed by atoms with Crippen molar-refractivity contribution in [1.82, 2.24) is 14.3 Å². The molecule has 1 fully saturated rings. The molecule has 2 aromatic heterocycles. The van der Waals surface area contributed by atoms with Crippen molar-refractivity contribution in [3.05, 3.63) is 48.2 Å². The van der Waals surface area contributed by atoms with E-state index in [1.807, 2.05) is 19.9 Å². The third kappa shape index (κ3) is 4.47. The standard InChI is InChI=1S/C22H25F3N4O2S/c1-15(2)14-32(30,31)29-10-7-18-19(16-3-5-17(6-4-16)22(23,24)25)13-20(27-21(18)29)28-11-8-26-9-12-28/h3-7,10,13,15,26H,8-9,11-12,14H2,1-2H3. The predicted octanol–water partition coefficient (Wildman–Crippen LogP) is 3.97. The highest BCUT2D eigenvalue weighted by molar-refractivity contribution is 7.90. The van der Waals surface area contributed by atoms with Gasteiger partial charge in [0.2, 0.25) is 10.0 Å². The lowest BCUT2D eigenvalue weighted by Gasteiger charge is -2.29. The molecule has 1 N–H and O–H groups in total. The van der Waals surface area contributed by atoms with E-state index in [0.29, 0.717) is 35.4 Å². The summed E-state index contributed by atoms with van der Waals surface area (Å²) in [5, 5.41) is 3.84. The van der Waals surface area contributed by atoms with E-state index >= 15 is 0 Å². The Kier molecular flexibility index (Phi) is 5.93. The van der Waals surface area contributed by atoms with Crippen LogP contribution >= 0.6 is 0 Å². The zero-order valence-corrected chi connectivity index (χ0v) is 18.7. The Bertz CT molecular complexity index is 1210. The fourth-order valence-corrected chi connectivity index (χ4v) is 5.59. The summed E-state index contributed by atoms with van der Waals surface area (Å²) in [5.74, 6) is 0.503. The van der Waals surface area contributed by atoms with Crippen LogP contribution in [-0.2, 0) is 16.2 Å². The number of nitrogens with zero attached hydrogens (tertiary/aromatic N) is 3. The summed E-state index contributed by atoms with van der Waals surface area (Å²) in [5.41, 5.74) is 0.777. The second kappa shape index (κ2) is 8.40. The number of aromatic nitrogens is 2. The normalized spacial score (nSPS) is 15.6. The molecule has 172 valence electrons. The molecule has 0 spiro atoms. The number of hydrogen-bond donors (Lipinski definition) is 1. The number of pyridine rings is 1. The molecule has 3 heterocycles. The van der Waals surface area contributed by atoms with Crippen molar-refractivity contribution in [2.24, 2.45) is 5.92 Å². The van der Waals surface area contributed by atoms with Crippen molar-refractivity contribution < 1.29 is 21.6 Å². The van der Waals surface area contributed by atoms with Gasteiger partial charge in [0, 0.05) is 37.8 Å². The molecule has 10 heteroatoms. The van der Waals surface area contributed by atoms with Gasteiger partial charge >= 0.3 is 6.18 Å². The van der Waals surface area contributed by atoms with Gasteiger partial charge in [0.05, 0.1) is 11.3 Å². The number of piperazine rings is 1. The van der Waals surface area contributed by atoms with Crippen molar-refractivity contribution in [3.8, 4) is 11.1 Å². The first-order valence-electron chi connectivity index (χ1n) is 10.4. The van der Waals surface area contributed by atoms with E-state index in [1.54, 1.807) is 6.07 Å². The molecule has 3 aromatic rings. The minimum atomic E-state index is -4.42. The number of fused-ring (bicyclic) bond motifs is 1. The second-order valence-corrected chi connectivity index (χ2v) is 10.3. The SMILES string of the molecule is CC(C)CS(=O)(=O)n1ccc2c(-c3ccc(C(F)(F)F)cc3)cc(N3CCNCC3)nc21. The molecular formula is C22H25F3N4O2S. The Labute approximate surface area is 185 Å². The van der Waals surface area contributed by atoms with Crippen LogP contribution in [-0.4, -0.2) is 49.3 Å². The lowest BCUT2D eigenvalue weighted by Crippen LogP contribution is -2.43. The van der Waals surface area contributed by atoms with Gasteiger partial charge in [-0.15, -0.1) is 0 Å². The molecule has 32 heavy (non-hydrogen) atoms. The Balaban J connectivity index is 1.89. The van der Waals surface area contributed by atoms with Gasteiger partial charge in [-0.05, 0) is 41.3 Å². The molecule has 0 bridgehead atoms. The van der Waals surface area contributed by atoms with Crippen LogP contribution in [0.5, 0.6) is 0 Å². The molecule has 0 radical (unpaired) electrons. The van der Waals surface area contributed by atoms with E-state index in [-0.39, 0.29) is 17.3 Å². The minimum Gasteiger partial charge on any atom is -0.354 e. The number of halogens is 3. The van der Waals surface area contributed by atoms with Gasteiger partial charge < -0.3 is 10.2 Å². The topological polar surface area (TPSA) is 67.2 Å². The number of rotatable bonds is 5. The number of hydrogen-bond acceptors (Lipinski definition) is 5. The Morgan fingerprint density at radius 2 is 1.75 bits per heavy atom. The molecule has 0 aliphatic carbocycles. The maximum atomic E-state index is 13.0. The minimum absolute atomic E-state index is 0.0358.